The maximum Gasteiger partial charge on any atom is 0.225 e. The van der Waals surface area contributed by atoms with Crippen molar-refractivity contribution in [3.63, 3.8) is 0 Å². The summed E-state index contributed by atoms with van der Waals surface area (Å²) in [6, 6.07) is 15.5. The first-order valence-corrected chi connectivity index (χ1v) is 9.38. The summed E-state index contributed by atoms with van der Waals surface area (Å²) in [4.78, 5) is 16.9. The van der Waals surface area contributed by atoms with Crippen molar-refractivity contribution < 1.29 is 14.3 Å². The number of carbonyl (C=O) groups is 1. The lowest BCUT2D eigenvalue weighted by atomic mass is 9.96. The zero-order chi connectivity index (χ0) is 20.1. The molecule has 0 aliphatic rings. The lowest BCUT2D eigenvalue weighted by molar-refractivity contribution is -0.128. The van der Waals surface area contributed by atoms with Crippen LogP contribution in [0.25, 0.3) is 11.0 Å². The molecule has 0 saturated heterocycles. The highest BCUT2D eigenvalue weighted by Gasteiger charge is 2.21. The second-order valence-electron chi connectivity index (χ2n) is 7.63. The molecular formula is C22H27N3O3. The second kappa shape index (κ2) is 8.33. The van der Waals surface area contributed by atoms with Gasteiger partial charge in [-0.15, -0.1) is 0 Å². The molecule has 0 atom stereocenters. The minimum absolute atomic E-state index is 0.00117. The maximum absolute atomic E-state index is 12.2. The molecule has 6 nitrogen and oxygen atoms in total. The smallest absolute Gasteiger partial charge is 0.225 e. The number of aromatic nitrogens is 2. The number of para-hydroxylation sites is 2. The Morgan fingerprint density at radius 2 is 1.86 bits per heavy atom. The summed E-state index contributed by atoms with van der Waals surface area (Å²) in [7, 11) is 1.63. The zero-order valence-electron chi connectivity index (χ0n) is 16.9. The van der Waals surface area contributed by atoms with Gasteiger partial charge in [0.1, 0.15) is 23.9 Å². The van der Waals surface area contributed by atoms with Crippen LogP contribution in [0.4, 0.5) is 0 Å². The van der Waals surface area contributed by atoms with Crippen LogP contribution in [0.15, 0.2) is 48.5 Å². The predicted molar refractivity (Wildman–Crippen MR) is 110 cm³/mol. The third-order valence-electron chi connectivity index (χ3n) is 4.45. The van der Waals surface area contributed by atoms with Crippen LogP contribution in [-0.4, -0.2) is 29.2 Å². The molecule has 0 saturated carbocycles. The molecule has 1 aromatic heterocycles. The van der Waals surface area contributed by atoms with Crippen molar-refractivity contribution >= 4 is 16.9 Å². The molecule has 0 radical (unpaired) electrons. The van der Waals surface area contributed by atoms with Gasteiger partial charge in [-0.25, -0.2) is 4.98 Å². The zero-order valence-corrected chi connectivity index (χ0v) is 16.9. The Morgan fingerprint density at radius 1 is 1.11 bits per heavy atom. The molecule has 6 heteroatoms. The topological polar surface area (TPSA) is 65.4 Å². The fourth-order valence-corrected chi connectivity index (χ4v) is 2.88. The second-order valence-corrected chi connectivity index (χ2v) is 7.63. The van der Waals surface area contributed by atoms with Gasteiger partial charge in [-0.05, 0) is 24.3 Å². The van der Waals surface area contributed by atoms with E-state index in [1.807, 2.05) is 69.3 Å². The molecule has 0 spiro atoms. The van der Waals surface area contributed by atoms with Gasteiger partial charge >= 0.3 is 0 Å². The van der Waals surface area contributed by atoms with Crippen LogP contribution >= 0.6 is 0 Å². The Balaban J connectivity index is 1.74. The molecule has 1 N–H and O–H groups in total. The number of methoxy groups -OCH3 is 1. The van der Waals surface area contributed by atoms with E-state index >= 15 is 0 Å². The van der Waals surface area contributed by atoms with Crippen LogP contribution in [0, 0.1) is 5.41 Å². The molecule has 28 heavy (non-hydrogen) atoms. The summed E-state index contributed by atoms with van der Waals surface area (Å²) in [5.41, 5.74) is 1.49. The number of hydrogen-bond acceptors (Lipinski definition) is 4. The Labute approximate surface area is 165 Å². The van der Waals surface area contributed by atoms with Crippen molar-refractivity contribution in [1.82, 2.24) is 14.9 Å². The van der Waals surface area contributed by atoms with Crippen molar-refractivity contribution in [3.05, 3.63) is 54.4 Å². The summed E-state index contributed by atoms with van der Waals surface area (Å²) in [5, 5.41) is 2.98. The number of carbonyl (C=O) groups excluding carboxylic acids is 1. The molecule has 148 valence electrons. The number of ether oxygens (including phenoxy) is 2. The van der Waals surface area contributed by atoms with Gasteiger partial charge in [-0.3, -0.25) is 4.79 Å². The summed E-state index contributed by atoms with van der Waals surface area (Å²) in [6.45, 7) is 7.17. The molecule has 0 unspecified atom stereocenters. The highest BCUT2D eigenvalue weighted by Crippen LogP contribution is 2.20. The van der Waals surface area contributed by atoms with E-state index in [2.05, 4.69) is 9.88 Å². The van der Waals surface area contributed by atoms with Crippen LogP contribution in [0.2, 0.25) is 0 Å². The first-order chi connectivity index (χ1) is 13.4. The largest absolute Gasteiger partial charge is 0.497 e. The van der Waals surface area contributed by atoms with Gasteiger partial charge in [0.15, 0.2) is 0 Å². The molecule has 3 rings (SSSR count). The van der Waals surface area contributed by atoms with E-state index in [0.717, 1.165) is 28.4 Å². The third-order valence-corrected chi connectivity index (χ3v) is 4.45. The Morgan fingerprint density at radius 3 is 2.61 bits per heavy atom. The van der Waals surface area contributed by atoms with E-state index in [9.17, 15) is 4.79 Å². The van der Waals surface area contributed by atoms with E-state index in [-0.39, 0.29) is 5.91 Å². The van der Waals surface area contributed by atoms with Crippen LogP contribution in [-0.2, 0) is 17.9 Å². The average molecular weight is 381 g/mol. The quantitative estimate of drug-likeness (QED) is 0.676. The molecule has 0 aliphatic heterocycles. The molecule has 2 aromatic carbocycles. The lowest BCUT2D eigenvalue weighted by Crippen LogP contribution is -2.35. The van der Waals surface area contributed by atoms with E-state index in [0.29, 0.717) is 19.7 Å². The van der Waals surface area contributed by atoms with E-state index in [1.54, 1.807) is 7.11 Å². The predicted octanol–water partition coefficient (Wildman–Crippen LogP) is 3.79. The lowest BCUT2D eigenvalue weighted by Gasteiger charge is -2.18. The van der Waals surface area contributed by atoms with Crippen LogP contribution in [0.5, 0.6) is 11.5 Å². The molecule has 0 bridgehead atoms. The molecule has 3 aromatic rings. The van der Waals surface area contributed by atoms with Gasteiger partial charge < -0.3 is 19.4 Å². The number of fused-ring (bicyclic) bond motifs is 1. The Hall–Kier alpha value is -3.02. The van der Waals surface area contributed by atoms with Crippen molar-refractivity contribution in [3.8, 4) is 11.5 Å². The standard InChI is InChI=1S/C22H27N3O3/c1-22(2,3)21(26)23-15-20-24-18-10-5-6-11-19(18)25(20)12-13-28-17-9-7-8-16(14-17)27-4/h5-11,14H,12-13,15H2,1-4H3,(H,23,26). The van der Waals surface area contributed by atoms with Crippen molar-refractivity contribution in [2.45, 2.75) is 33.9 Å². The minimum atomic E-state index is -0.438. The average Bonchev–Trinajstić information content (AvgIpc) is 3.03. The molecule has 1 amide bonds. The summed E-state index contributed by atoms with van der Waals surface area (Å²) >= 11 is 0. The van der Waals surface area contributed by atoms with Crippen LogP contribution in [0.1, 0.15) is 26.6 Å². The summed E-state index contributed by atoms with van der Waals surface area (Å²) in [5.74, 6) is 2.33. The number of imidazole rings is 1. The SMILES string of the molecule is COc1cccc(OCCn2c(CNC(=O)C(C)(C)C)nc3ccccc32)c1. The van der Waals surface area contributed by atoms with E-state index in [1.165, 1.54) is 0 Å². The van der Waals surface area contributed by atoms with Crippen molar-refractivity contribution in [2.24, 2.45) is 5.41 Å². The summed E-state index contributed by atoms with van der Waals surface area (Å²) in [6.07, 6.45) is 0. The minimum Gasteiger partial charge on any atom is -0.497 e. The van der Waals surface area contributed by atoms with Crippen LogP contribution < -0.4 is 14.8 Å². The van der Waals surface area contributed by atoms with E-state index < -0.39 is 5.41 Å². The van der Waals surface area contributed by atoms with Gasteiger partial charge in [0.25, 0.3) is 0 Å². The number of benzene rings is 2. The fraction of sp³-hybridized carbons (Fsp3) is 0.364. The molecular weight excluding hydrogens is 354 g/mol. The van der Waals surface area contributed by atoms with Gasteiger partial charge in [-0.1, -0.05) is 39.0 Å². The summed E-state index contributed by atoms with van der Waals surface area (Å²) < 4.78 is 13.2. The highest BCUT2D eigenvalue weighted by atomic mass is 16.5. The molecule has 1 heterocycles. The number of hydrogen-bond donors (Lipinski definition) is 1. The first kappa shape index (κ1) is 19.7. The Bertz CT molecular complexity index is 957. The van der Waals surface area contributed by atoms with Gasteiger partial charge in [0.05, 0.1) is 31.2 Å². The normalized spacial score (nSPS) is 11.4. The van der Waals surface area contributed by atoms with Crippen LogP contribution in [0.3, 0.4) is 0 Å². The number of rotatable bonds is 7. The van der Waals surface area contributed by atoms with Gasteiger partial charge in [0.2, 0.25) is 5.91 Å². The van der Waals surface area contributed by atoms with Crippen molar-refractivity contribution in [1.29, 1.82) is 0 Å². The van der Waals surface area contributed by atoms with Crippen molar-refractivity contribution in [2.75, 3.05) is 13.7 Å². The maximum atomic E-state index is 12.2. The van der Waals surface area contributed by atoms with E-state index in [4.69, 9.17) is 14.5 Å². The van der Waals surface area contributed by atoms with Gasteiger partial charge in [-0.2, -0.15) is 0 Å². The monoisotopic (exact) mass is 381 g/mol. The molecule has 0 fully saturated rings. The third kappa shape index (κ3) is 4.63. The molecule has 0 aliphatic carbocycles. The Kier molecular flexibility index (Phi) is 5.87. The number of nitrogens with one attached hydrogen (secondary N) is 1. The number of amides is 1. The highest BCUT2D eigenvalue weighted by molar-refractivity contribution is 5.81. The van der Waals surface area contributed by atoms with Gasteiger partial charge in [0, 0.05) is 11.5 Å². The first-order valence-electron chi connectivity index (χ1n) is 9.38. The fourth-order valence-electron chi connectivity index (χ4n) is 2.88. The number of nitrogens with zero attached hydrogens (tertiary/aromatic N) is 2.